The van der Waals surface area contributed by atoms with Gasteiger partial charge in [0.1, 0.15) is 11.5 Å². The van der Waals surface area contributed by atoms with Crippen molar-refractivity contribution in [3.05, 3.63) is 127 Å². The molecule has 8 nitrogen and oxygen atoms in total. The highest BCUT2D eigenvalue weighted by molar-refractivity contribution is 5.50. The Kier molecular flexibility index (Phi) is 9.02. The number of rotatable bonds is 8. The Balaban J connectivity index is 1.54. The summed E-state index contributed by atoms with van der Waals surface area (Å²) in [5.41, 5.74) is 6.25. The molecule has 0 saturated carbocycles. The van der Waals surface area contributed by atoms with Gasteiger partial charge in [0.2, 0.25) is 0 Å². The Bertz CT molecular complexity index is 1740. The monoisotopic (exact) mass is 610 g/mol. The van der Waals surface area contributed by atoms with Crippen molar-refractivity contribution in [3.63, 3.8) is 0 Å². The zero-order chi connectivity index (χ0) is 31.6. The van der Waals surface area contributed by atoms with Gasteiger partial charge in [-0.3, -0.25) is 23.8 Å². The van der Waals surface area contributed by atoms with Crippen LogP contribution in [0.1, 0.15) is 39.6 Å². The Morgan fingerprint density at radius 2 is 1.61 bits per heavy atom. The molecule has 12 heteroatoms. The minimum Gasteiger partial charge on any atom is -0.363 e. The van der Waals surface area contributed by atoms with E-state index in [0.717, 1.165) is 38.5 Å². The van der Waals surface area contributed by atoms with Crippen molar-refractivity contribution < 1.29 is 17.6 Å². The molecule has 44 heavy (non-hydrogen) atoms. The molecule has 0 spiro atoms. The van der Waals surface area contributed by atoms with E-state index in [1.165, 1.54) is 6.92 Å². The summed E-state index contributed by atoms with van der Waals surface area (Å²) in [5, 5.41) is 0. The molecule has 1 aliphatic heterocycles. The highest BCUT2D eigenvalue weighted by atomic mass is 19.4. The Morgan fingerprint density at radius 3 is 2.27 bits per heavy atom. The quantitative estimate of drug-likeness (QED) is 0.300. The molecule has 3 heterocycles. The van der Waals surface area contributed by atoms with Crippen molar-refractivity contribution in [3.8, 4) is 0 Å². The second-order valence-electron chi connectivity index (χ2n) is 11.1. The number of aryl methyl sites for hydroxylation is 1. The van der Waals surface area contributed by atoms with Crippen molar-refractivity contribution in [1.82, 2.24) is 19.0 Å². The number of aromatic nitrogens is 3. The van der Waals surface area contributed by atoms with Crippen molar-refractivity contribution in [2.45, 2.75) is 45.7 Å². The molecule has 0 unspecified atom stereocenters. The highest BCUT2D eigenvalue weighted by Crippen LogP contribution is 2.33. The third-order valence-electron chi connectivity index (χ3n) is 8.03. The van der Waals surface area contributed by atoms with Crippen LogP contribution in [0.15, 0.2) is 76.6 Å². The van der Waals surface area contributed by atoms with Gasteiger partial charge < -0.3 is 10.6 Å². The molecule has 4 aromatic rings. The fourth-order valence-corrected chi connectivity index (χ4v) is 5.73. The molecule has 1 saturated heterocycles. The van der Waals surface area contributed by atoms with Crippen LogP contribution in [-0.4, -0.2) is 45.2 Å². The highest BCUT2D eigenvalue weighted by Gasteiger charge is 2.35. The Hall–Kier alpha value is -4.29. The first-order valence-corrected chi connectivity index (χ1v) is 14.3. The maximum Gasteiger partial charge on any atom is 0.416 e. The largest absolute Gasteiger partial charge is 0.416 e. The van der Waals surface area contributed by atoms with Crippen molar-refractivity contribution in [1.29, 1.82) is 0 Å². The molecule has 0 bridgehead atoms. The second-order valence-corrected chi connectivity index (χ2v) is 11.1. The van der Waals surface area contributed by atoms with E-state index in [2.05, 4.69) is 16.0 Å². The van der Waals surface area contributed by atoms with Crippen LogP contribution in [0.4, 0.5) is 23.2 Å². The molecule has 1 aliphatic rings. The number of benzene rings is 2. The number of pyridine rings is 1. The number of nitrogens with two attached hydrogens (primary N) is 1. The zero-order valence-electron chi connectivity index (χ0n) is 24.5. The number of anilines is 1. The van der Waals surface area contributed by atoms with Gasteiger partial charge in [0.05, 0.1) is 18.7 Å². The van der Waals surface area contributed by atoms with Crippen LogP contribution in [0.2, 0.25) is 0 Å². The van der Waals surface area contributed by atoms with E-state index in [0.29, 0.717) is 38.3 Å². The van der Waals surface area contributed by atoms with Crippen LogP contribution in [0.5, 0.6) is 0 Å². The smallest absolute Gasteiger partial charge is 0.363 e. The van der Waals surface area contributed by atoms with Crippen LogP contribution in [0.25, 0.3) is 0 Å². The van der Waals surface area contributed by atoms with Gasteiger partial charge in [-0.2, -0.15) is 13.2 Å². The van der Waals surface area contributed by atoms with E-state index in [1.807, 2.05) is 18.0 Å². The fourth-order valence-electron chi connectivity index (χ4n) is 5.73. The van der Waals surface area contributed by atoms with Gasteiger partial charge >= 0.3 is 11.9 Å². The molecular formula is C32H34F4N6O2. The summed E-state index contributed by atoms with van der Waals surface area (Å²) in [6, 6.07) is 12.9. The first-order chi connectivity index (χ1) is 20.9. The first kappa shape index (κ1) is 31.1. The van der Waals surface area contributed by atoms with Gasteiger partial charge in [0, 0.05) is 62.4 Å². The summed E-state index contributed by atoms with van der Waals surface area (Å²) >= 11 is 0. The molecule has 232 valence electrons. The fraction of sp³-hybridized carbons (Fsp3) is 0.344. The lowest BCUT2D eigenvalue weighted by Gasteiger charge is -2.37. The number of nitrogens with zero attached hydrogens (tertiary/aromatic N) is 5. The Morgan fingerprint density at radius 1 is 0.909 bits per heavy atom. The van der Waals surface area contributed by atoms with Crippen LogP contribution in [0.3, 0.4) is 0 Å². The normalized spacial score (nSPS) is 15.0. The van der Waals surface area contributed by atoms with E-state index in [4.69, 9.17) is 5.73 Å². The van der Waals surface area contributed by atoms with Crippen molar-refractivity contribution in [2.75, 3.05) is 31.1 Å². The van der Waals surface area contributed by atoms with Crippen LogP contribution < -0.4 is 21.9 Å². The van der Waals surface area contributed by atoms with E-state index in [1.54, 1.807) is 36.5 Å². The number of hydrogen-bond acceptors (Lipinski definition) is 6. The molecule has 0 aliphatic carbocycles. The zero-order valence-corrected chi connectivity index (χ0v) is 24.5. The van der Waals surface area contributed by atoms with Gasteiger partial charge in [-0.15, -0.1) is 0 Å². The number of halogens is 4. The first-order valence-electron chi connectivity index (χ1n) is 14.3. The average molecular weight is 611 g/mol. The topological polar surface area (TPSA) is 89.4 Å². The predicted octanol–water partition coefficient (Wildman–Crippen LogP) is 4.25. The van der Waals surface area contributed by atoms with Crippen LogP contribution in [-0.2, 0) is 25.8 Å². The third-order valence-corrected chi connectivity index (χ3v) is 8.03. The third kappa shape index (κ3) is 6.61. The molecule has 5 rings (SSSR count). The van der Waals surface area contributed by atoms with E-state index in [9.17, 15) is 27.2 Å². The summed E-state index contributed by atoms with van der Waals surface area (Å²) in [7, 11) is 0. The number of hydrogen-bond donors (Lipinski definition) is 1. The van der Waals surface area contributed by atoms with Crippen molar-refractivity contribution >= 4 is 5.69 Å². The predicted molar refractivity (Wildman–Crippen MR) is 160 cm³/mol. The molecule has 1 fully saturated rings. The summed E-state index contributed by atoms with van der Waals surface area (Å²) in [6.07, 6.45) is -1.25. The number of piperazine rings is 1. The minimum atomic E-state index is -4.84. The molecule has 2 aromatic carbocycles. The summed E-state index contributed by atoms with van der Waals surface area (Å²) < 4.78 is 58.6. The lowest BCUT2D eigenvalue weighted by molar-refractivity contribution is -0.138. The summed E-state index contributed by atoms with van der Waals surface area (Å²) in [4.78, 5) is 36.1. The SMILES string of the molecule is Cc1cncc(CN2CCN(c3c(C)n(Cc4c(F)cccc4C(F)(F)F)c(=O)n(C[C@@H](N)c4ccccc4)c3=O)CC2)c1. The molecular weight excluding hydrogens is 576 g/mol. The summed E-state index contributed by atoms with van der Waals surface area (Å²) in [5.74, 6) is -1.09. The molecule has 2 aromatic heterocycles. The molecule has 0 amide bonds. The van der Waals surface area contributed by atoms with Crippen molar-refractivity contribution in [2.24, 2.45) is 5.73 Å². The van der Waals surface area contributed by atoms with E-state index >= 15 is 0 Å². The van der Waals surface area contributed by atoms with Gasteiger partial charge in [-0.1, -0.05) is 42.5 Å². The number of alkyl halides is 3. The van der Waals surface area contributed by atoms with E-state index in [-0.39, 0.29) is 17.9 Å². The molecule has 2 N–H and O–H groups in total. The average Bonchev–Trinajstić information content (AvgIpc) is 2.99. The Labute approximate surface area is 252 Å². The second kappa shape index (κ2) is 12.7. The maximum absolute atomic E-state index is 14.9. The van der Waals surface area contributed by atoms with Gasteiger partial charge in [-0.25, -0.2) is 9.18 Å². The summed E-state index contributed by atoms with van der Waals surface area (Å²) in [6.45, 7) is 5.31. The minimum absolute atomic E-state index is 0.164. The molecule has 1 atom stereocenters. The van der Waals surface area contributed by atoms with Gasteiger partial charge in [-0.05, 0) is 42.7 Å². The van der Waals surface area contributed by atoms with E-state index < -0.39 is 47.0 Å². The van der Waals surface area contributed by atoms with Crippen LogP contribution >= 0.6 is 0 Å². The standard InChI is InChI=1S/C32H34F4N6O2/c1-21-15-23(17-38-16-21)18-39-11-13-40(14-12-39)29-22(2)41(19-25-26(32(34,35)36)9-6-10-27(25)33)31(44)42(30(29)43)20-28(37)24-7-4-3-5-8-24/h3-10,15-17,28H,11-14,18-20,37H2,1-2H3/t28-/m1/s1. The molecule has 0 radical (unpaired) electrons. The van der Waals surface area contributed by atoms with Gasteiger partial charge in [0.25, 0.3) is 5.56 Å². The maximum atomic E-state index is 14.9. The lowest BCUT2D eigenvalue weighted by atomic mass is 10.1. The van der Waals surface area contributed by atoms with Crippen LogP contribution in [0, 0.1) is 19.7 Å². The lowest BCUT2D eigenvalue weighted by Crippen LogP contribution is -2.51. The van der Waals surface area contributed by atoms with Gasteiger partial charge in [0.15, 0.2) is 0 Å².